The summed E-state index contributed by atoms with van der Waals surface area (Å²) in [6, 6.07) is 18.2. The molecule has 3 amide bonds. The van der Waals surface area contributed by atoms with Crippen molar-refractivity contribution < 1.29 is 9.59 Å². The van der Waals surface area contributed by atoms with Crippen LogP contribution >= 0.6 is 0 Å². The van der Waals surface area contributed by atoms with Gasteiger partial charge in [0.15, 0.2) is 0 Å². The minimum Gasteiger partial charge on any atom is -0.330 e. The minimum atomic E-state index is -0.407. The fraction of sp³-hybridized carbons (Fsp3) is 0.222. The number of rotatable bonds is 4. The second kappa shape index (κ2) is 6.96. The maximum Gasteiger partial charge on any atom is 0.333 e. The Kier molecular flexibility index (Phi) is 4.57. The Morgan fingerprint density at radius 3 is 2.09 bits per heavy atom. The topological polar surface area (TPSA) is 70.2 Å². The molecule has 1 aliphatic carbocycles. The normalized spacial score (nSPS) is 14.6. The molecule has 5 nitrogen and oxygen atoms in total. The lowest BCUT2D eigenvalue weighted by Crippen LogP contribution is -2.48. The molecule has 118 valence electrons. The maximum atomic E-state index is 12.1. The van der Waals surface area contributed by atoms with E-state index in [0.29, 0.717) is 11.5 Å². The van der Waals surface area contributed by atoms with Crippen molar-refractivity contribution in [2.45, 2.75) is 18.9 Å². The Balaban J connectivity index is 1.55. The van der Waals surface area contributed by atoms with Crippen molar-refractivity contribution in [2.75, 3.05) is 0 Å². The van der Waals surface area contributed by atoms with E-state index >= 15 is 0 Å². The van der Waals surface area contributed by atoms with Crippen molar-refractivity contribution in [1.82, 2.24) is 16.2 Å². The summed E-state index contributed by atoms with van der Waals surface area (Å²) >= 11 is 0. The highest BCUT2D eigenvalue weighted by molar-refractivity contribution is 5.95. The van der Waals surface area contributed by atoms with E-state index < -0.39 is 6.03 Å². The van der Waals surface area contributed by atoms with Crippen LogP contribution < -0.4 is 16.2 Å². The molecule has 3 N–H and O–H groups in total. The molecule has 0 radical (unpaired) electrons. The van der Waals surface area contributed by atoms with Gasteiger partial charge in [0.05, 0.1) is 6.04 Å². The lowest BCUT2D eigenvalue weighted by atomic mass is 10.0. The predicted octanol–water partition coefficient (Wildman–Crippen LogP) is 2.78. The first-order chi connectivity index (χ1) is 11.2. The van der Waals surface area contributed by atoms with Gasteiger partial charge < -0.3 is 5.32 Å². The van der Waals surface area contributed by atoms with Gasteiger partial charge in [0.1, 0.15) is 0 Å². The Morgan fingerprint density at radius 1 is 0.870 bits per heavy atom. The zero-order valence-corrected chi connectivity index (χ0v) is 12.7. The summed E-state index contributed by atoms with van der Waals surface area (Å²) in [6.07, 6.45) is 2.21. The van der Waals surface area contributed by atoms with Crippen LogP contribution in [-0.2, 0) is 0 Å². The van der Waals surface area contributed by atoms with Crippen molar-refractivity contribution in [3.63, 3.8) is 0 Å². The summed E-state index contributed by atoms with van der Waals surface area (Å²) in [5, 5.41) is 2.94. The van der Waals surface area contributed by atoms with Gasteiger partial charge in [-0.2, -0.15) is 0 Å². The number of amides is 3. The van der Waals surface area contributed by atoms with E-state index in [-0.39, 0.29) is 11.9 Å². The molecule has 0 unspecified atom stereocenters. The highest BCUT2D eigenvalue weighted by atomic mass is 16.2. The zero-order valence-electron chi connectivity index (χ0n) is 12.7. The molecule has 3 rings (SSSR count). The molecule has 1 atom stereocenters. The number of hydrogen-bond acceptors (Lipinski definition) is 2. The number of nitrogens with one attached hydrogen (secondary N) is 3. The summed E-state index contributed by atoms with van der Waals surface area (Å²) in [5.41, 5.74) is 6.41. The van der Waals surface area contributed by atoms with Gasteiger partial charge in [-0.25, -0.2) is 10.2 Å². The van der Waals surface area contributed by atoms with Gasteiger partial charge in [0.2, 0.25) is 0 Å². The molecule has 23 heavy (non-hydrogen) atoms. The maximum absolute atomic E-state index is 12.1. The standard InChI is InChI=1S/C18H19N3O2/c22-17(15-9-5-2-6-10-15)20-21-18(23)19-16(14-11-12-14)13-7-3-1-4-8-13/h1-10,14,16H,11-12H2,(H,20,22)(H2,19,21,23)/t16-/m0/s1. The van der Waals surface area contributed by atoms with Crippen LogP contribution in [0.1, 0.15) is 34.8 Å². The lowest BCUT2D eigenvalue weighted by molar-refractivity contribution is 0.0935. The number of carbonyl (C=O) groups is 2. The second-order valence-electron chi connectivity index (χ2n) is 5.64. The van der Waals surface area contributed by atoms with Crippen LogP contribution in [-0.4, -0.2) is 11.9 Å². The van der Waals surface area contributed by atoms with Crippen LogP contribution in [0.5, 0.6) is 0 Å². The lowest BCUT2D eigenvalue weighted by Gasteiger charge is -2.19. The van der Waals surface area contributed by atoms with E-state index in [9.17, 15) is 9.59 Å². The molecule has 1 fully saturated rings. The third-order valence-electron chi connectivity index (χ3n) is 3.86. The van der Waals surface area contributed by atoms with E-state index in [4.69, 9.17) is 0 Å². The summed E-state index contributed by atoms with van der Waals surface area (Å²) in [5.74, 6) is 0.122. The van der Waals surface area contributed by atoms with Crippen LogP contribution in [0.25, 0.3) is 0 Å². The molecule has 2 aromatic rings. The van der Waals surface area contributed by atoms with Gasteiger partial charge in [-0.05, 0) is 36.5 Å². The number of hydrogen-bond donors (Lipinski definition) is 3. The highest BCUT2D eigenvalue weighted by Gasteiger charge is 2.33. The van der Waals surface area contributed by atoms with Gasteiger partial charge in [0.25, 0.3) is 5.91 Å². The molecule has 5 heteroatoms. The molecule has 0 saturated heterocycles. The summed E-state index contributed by atoms with van der Waals surface area (Å²) in [7, 11) is 0. The highest BCUT2D eigenvalue weighted by Crippen LogP contribution is 2.40. The Labute approximate surface area is 135 Å². The molecule has 0 aliphatic heterocycles. The fourth-order valence-corrected chi connectivity index (χ4v) is 2.52. The number of urea groups is 1. The minimum absolute atomic E-state index is 0.0233. The van der Waals surface area contributed by atoms with E-state index in [1.165, 1.54) is 0 Å². The van der Waals surface area contributed by atoms with Gasteiger partial charge in [-0.3, -0.25) is 10.2 Å². The third kappa shape index (κ3) is 4.10. The van der Waals surface area contributed by atoms with Crippen molar-refractivity contribution in [1.29, 1.82) is 0 Å². The molecule has 1 aliphatic rings. The summed E-state index contributed by atoms with van der Waals surface area (Å²) < 4.78 is 0. The first kappa shape index (κ1) is 15.1. The molecule has 0 bridgehead atoms. The van der Waals surface area contributed by atoms with E-state index in [2.05, 4.69) is 16.2 Å². The van der Waals surface area contributed by atoms with E-state index in [1.807, 2.05) is 36.4 Å². The predicted molar refractivity (Wildman–Crippen MR) is 87.5 cm³/mol. The zero-order chi connectivity index (χ0) is 16.1. The Bertz CT molecular complexity index is 669. The van der Waals surface area contributed by atoms with Crippen molar-refractivity contribution in [2.24, 2.45) is 5.92 Å². The Morgan fingerprint density at radius 2 is 1.48 bits per heavy atom. The Hall–Kier alpha value is -2.82. The van der Waals surface area contributed by atoms with Crippen LogP contribution in [0, 0.1) is 5.92 Å². The molecule has 0 aromatic heterocycles. The third-order valence-corrected chi connectivity index (χ3v) is 3.86. The SMILES string of the molecule is O=C(NNC(=O)c1ccccc1)N[C@@H](c1ccccc1)C1CC1. The fourth-order valence-electron chi connectivity index (χ4n) is 2.52. The molecular weight excluding hydrogens is 290 g/mol. The van der Waals surface area contributed by atoms with E-state index in [1.54, 1.807) is 24.3 Å². The summed E-state index contributed by atoms with van der Waals surface area (Å²) in [4.78, 5) is 24.0. The molecular formula is C18H19N3O2. The average molecular weight is 309 g/mol. The smallest absolute Gasteiger partial charge is 0.330 e. The van der Waals surface area contributed by atoms with Crippen molar-refractivity contribution in [3.8, 4) is 0 Å². The van der Waals surface area contributed by atoms with Crippen molar-refractivity contribution >= 4 is 11.9 Å². The first-order valence-corrected chi connectivity index (χ1v) is 7.71. The van der Waals surface area contributed by atoms with Gasteiger partial charge in [-0.15, -0.1) is 0 Å². The average Bonchev–Trinajstić information content (AvgIpc) is 3.44. The molecule has 0 spiro atoms. The number of hydrazine groups is 1. The van der Waals surface area contributed by atoms with Gasteiger partial charge in [0, 0.05) is 5.56 Å². The quantitative estimate of drug-likeness (QED) is 0.760. The monoisotopic (exact) mass is 309 g/mol. The van der Waals surface area contributed by atoms with Crippen LogP contribution in [0.2, 0.25) is 0 Å². The largest absolute Gasteiger partial charge is 0.333 e. The van der Waals surface area contributed by atoms with Crippen LogP contribution in [0.15, 0.2) is 60.7 Å². The van der Waals surface area contributed by atoms with Crippen LogP contribution in [0.4, 0.5) is 4.79 Å². The molecule has 2 aromatic carbocycles. The van der Waals surface area contributed by atoms with E-state index in [0.717, 1.165) is 18.4 Å². The van der Waals surface area contributed by atoms with Crippen molar-refractivity contribution in [3.05, 3.63) is 71.8 Å². The van der Waals surface area contributed by atoms with Gasteiger partial charge >= 0.3 is 6.03 Å². The molecule has 1 saturated carbocycles. The second-order valence-corrected chi connectivity index (χ2v) is 5.64. The molecule has 0 heterocycles. The van der Waals surface area contributed by atoms with Gasteiger partial charge in [-0.1, -0.05) is 48.5 Å². The summed E-state index contributed by atoms with van der Waals surface area (Å²) in [6.45, 7) is 0. The number of carbonyl (C=O) groups excluding carboxylic acids is 2. The first-order valence-electron chi connectivity index (χ1n) is 7.71. The number of benzene rings is 2. The van der Waals surface area contributed by atoms with Crippen LogP contribution in [0.3, 0.4) is 0 Å².